The van der Waals surface area contributed by atoms with Crippen molar-refractivity contribution in [1.29, 1.82) is 0 Å². The van der Waals surface area contributed by atoms with Crippen LogP contribution in [0.25, 0.3) is 17.2 Å². The highest BCUT2D eigenvalue weighted by atomic mass is 32.2. The molecule has 1 saturated heterocycles. The number of carbonyl (C=O) groups is 4. The molecule has 0 radical (unpaired) electrons. The van der Waals surface area contributed by atoms with Crippen molar-refractivity contribution >= 4 is 52.8 Å². The topological polar surface area (TPSA) is 95.6 Å². The van der Waals surface area contributed by atoms with E-state index in [0.717, 1.165) is 21.6 Å². The van der Waals surface area contributed by atoms with Gasteiger partial charge in [-0.1, -0.05) is 91.0 Å². The van der Waals surface area contributed by atoms with Gasteiger partial charge in [0.15, 0.2) is 0 Å². The molecule has 0 saturated carbocycles. The number of hydrogen-bond acceptors (Lipinski definition) is 5. The zero-order valence-electron chi connectivity index (χ0n) is 24.6. The zero-order valence-corrected chi connectivity index (χ0v) is 25.4. The van der Waals surface area contributed by atoms with Crippen molar-refractivity contribution in [1.82, 2.24) is 5.32 Å². The van der Waals surface area contributed by atoms with Crippen LogP contribution in [0, 0.1) is 0 Å². The van der Waals surface area contributed by atoms with Crippen LogP contribution in [0.2, 0.25) is 0 Å². The molecule has 6 rings (SSSR count). The van der Waals surface area contributed by atoms with Crippen molar-refractivity contribution in [3.63, 3.8) is 0 Å². The Kier molecular flexibility index (Phi) is 9.17. The Morgan fingerprint density at radius 2 is 1.28 bits per heavy atom. The molecule has 0 aliphatic carbocycles. The third-order valence-electron chi connectivity index (χ3n) is 7.37. The quantitative estimate of drug-likeness (QED) is 0.134. The fourth-order valence-electron chi connectivity index (χ4n) is 5.04. The fourth-order valence-corrected chi connectivity index (χ4v) is 6.09. The standard InChI is InChI=1S/C38H29N3O4S/c42-35-25-34(38(45)41(35)31-14-8-3-9-15-31)46-32-22-20-30(21-23-32)39-37(44)33(40-36(43)29-12-6-2-7-13-29)24-26-16-18-28(19-17-26)27-10-4-1-5-11-27/h1-24,34H,25H2,(H,39,44)(H,40,43)/b33-24-. The lowest BCUT2D eigenvalue weighted by Crippen LogP contribution is -2.31. The van der Waals surface area contributed by atoms with Crippen molar-refractivity contribution in [3.8, 4) is 11.1 Å². The van der Waals surface area contributed by atoms with E-state index in [1.165, 1.54) is 16.7 Å². The fraction of sp³-hybridized carbons (Fsp3) is 0.0526. The molecule has 1 fully saturated rings. The Morgan fingerprint density at radius 1 is 0.696 bits per heavy atom. The monoisotopic (exact) mass is 623 g/mol. The predicted octanol–water partition coefficient (Wildman–Crippen LogP) is 7.19. The van der Waals surface area contributed by atoms with Crippen molar-refractivity contribution in [3.05, 3.63) is 156 Å². The molecule has 1 aliphatic rings. The highest BCUT2D eigenvalue weighted by Crippen LogP contribution is 2.34. The van der Waals surface area contributed by atoms with Gasteiger partial charge in [0.25, 0.3) is 11.8 Å². The van der Waals surface area contributed by atoms with Crippen LogP contribution in [0.1, 0.15) is 22.3 Å². The molecule has 0 bridgehead atoms. The van der Waals surface area contributed by atoms with Crippen LogP contribution in [0.4, 0.5) is 11.4 Å². The number of thioether (sulfide) groups is 1. The zero-order chi connectivity index (χ0) is 31.9. The number of anilines is 2. The van der Waals surface area contributed by atoms with E-state index in [2.05, 4.69) is 10.6 Å². The number of benzene rings is 5. The average molecular weight is 624 g/mol. The molecule has 1 unspecified atom stereocenters. The smallest absolute Gasteiger partial charge is 0.272 e. The van der Waals surface area contributed by atoms with Gasteiger partial charge in [0.2, 0.25) is 11.8 Å². The van der Waals surface area contributed by atoms with E-state index in [-0.39, 0.29) is 23.9 Å². The van der Waals surface area contributed by atoms with Crippen LogP contribution in [-0.2, 0) is 14.4 Å². The molecule has 5 aromatic rings. The number of rotatable bonds is 9. The largest absolute Gasteiger partial charge is 0.321 e. The van der Waals surface area contributed by atoms with Crippen molar-refractivity contribution < 1.29 is 19.2 Å². The van der Waals surface area contributed by atoms with Crippen LogP contribution >= 0.6 is 11.8 Å². The molecule has 1 atom stereocenters. The van der Waals surface area contributed by atoms with Gasteiger partial charge >= 0.3 is 0 Å². The van der Waals surface area contributed by atoms with E-state index in [1.807, 2.05) is 66.7 Å². The number of hydrogen-bond donors (Lipinski definition) is 2. The van der Waals surface area contributed by atoms with Gasteiger partial charge in [-0.05, 0) is 71.3 Å². The molecule has 8 heteroatoms. The Hall–Kier alpha value is -5.73. The number of carbonyl (C=O) groups excluding carboxylic acids is 4. The van der Waals surface area contributed by atoms with Crippen LogP contribution in [0.5, 0.6) is 0 Å². The SMILES string of the molecule is O=C(Nc1ccc(SC2CC(=O)N(c3ccccc3)C2=O)cc1)/C(=C/c1ccc(-c2ccccc2)cc1)NC(=O)c1ccccc1. The van der Waals surface area contributed by atoms with Gasteiger partial charge < -0.3 is 10.6 Å². The van der Waals surface area contributed by atoms with Crippen molar-refractivity contribution in [2.24, 2.45) is 0 Å². The van der Waals surface area contributed by atoms with Gasteiger partial charge in [-0.15, -0.1) is 11.8 Å². The molecule has 7 nitrogen and oxygen atoms in total. The second-order valence-corrected chi connectivity index (χ2v) is 11.8. The minimum absolute atomic E-state index is 0.0795. The van der Waals surface area contributed by atoms with Gasteiger partial charge in [0.05, 0.1) is 10.9 Å². The third kappa shape index (κ3) is 7.14. The number of imide groups is 1. The lowest BCUT2D eigenvalue weighted by atomic mass is 10.0. The summed E-state index contributed by atoms with van der Waals surface area (Å²) in [5, 5.41) is 5.09. The Labute approximate surface area is 271 Å². The van der Waals surface area contributed by atoms with Crippen LogP contribution in [-0.4, -0.2) is 28.9 Å². The minimum Gasteiger partial charge on any atom is -0.321 e. The molecular weight excluding hydrogens is 595 g/mol. The maximum absolute atomic E-state index is 13.5. The van der Waals surface area contributed by atoms with Gasteiger partial charge in [-0.2, -0.15) is 0 Å². The van der Waals surface area contributed by atoms with Crippen LogP contribution in [0.3, 0.4) is 0 Å². The first-order chi connectivity index (χ1) is 22.4. The average Bonchev–Trinajstić information content (AvgIpc) is 3.38. The second-order valence-electron chi connectivity index (χ2n) is 10.6. The second kappa shape index (κ2) is 13.9. The van der Waals surface area contributed by atoms with E-state index in [9.17, 15) is 19.2 Å². The van der Waals surface area contributed by atoms with E-state index in [4.69, 9.17) is 0 Å². The van der Waals surface area contributed by atoms with E-state index in [1.54, 1.807) is 78.9 Å². The molecule has 1 aliphatic heterocycles. The lowest BCUT2D eigenvalue weighted by molar-refractivity contribution is -0.121. The first kappa shape index (κ1) is 30.3. The highest BCUT2D eigenvalue weighted by molar-refractivity contribution is 8.00. The Balaban J connectivity index is 1.16. The Bertz CT molecular complexity index is 1890. The number of nitrogens with one attached hydrogen (secondary N) is 2. The molecule has 5 aromatic carbocycles. The molecule has 0 aromatic heterocycles. The molecule has 226 valence electrons. The highest BCUT2D eigenvalue weighted by Gasteiger charge is 2.40. The molecular formula is C38H29N3O4S. The summed E-state index contributed by atoms with van der Waals surface area (Å²) in [5.41, 5.74) is 4.43. The summed E-state index contributed by atoms with van der Waals surface area (Å²) < 4.78 is 0. The summed E-state index contributed by atoms with van der Waals surface area (Å²) in [5.74, 6) is -1.38. The van der Waals surface area contributed by atoms with E-state index in [0.29, 0.717) is 16.9 Å². The van der Waals surface area contributed by atoms with E-state index >= 15 is 0 Å². The van der Waals surface area contributed by atoms with Crippen LogP contribution < -0.4 is 15.5 Å². The molecule has 46 heavy (non-hydrogen) atoms. The normalized spacial score (nSPS) is 14.7. The van der Waals surface area contributed by atoms with Gasteiger partial charge in [0, 0.05) is 22.6 Å². The summed E-state index contributed by atoms with van der Waals surface area (Å²) in [6, 6.07) is 42.3. The first-order valence-electron chi connectivity index (χ1n) is 14.7. The van der Waals surface area contributed by atoms with Crippen LogP contribution in [0.15, 0.2) is 150 Å². The summed E-state index contributed by atoms with van der Waals surface area (Å²) >= 11 is 1.31. The lowest BCUT2D eigenvalue weighted by Gasteiger charge is -2.15. The number of nitrogens with zero attached hydrogens (tertiary/aromatic N) is 1. The summed E-state index contributed by atoms with van der Waals surface area (Å²) in [6.45, 7) is 0. The van der Waals surface area contributed by atoms with Crippen molar-refractivity contribution in [2.75, 3.05) is 10.2 Å². The molecule has 2 N–H and O–H groups in total. The van der Waals surface area contributed by atoms with Crippen molar-refractivity contribution in [2.45, 2.75) is 16.6 Å². The summed E-state index contributed by atoms with van der Waals surface area (Å²) in [6.07, 6.45) is 1.74. The molecule has 4 amide bonds. The maximum atomic E-state index is 13.5. The third-order valence-corrected chi connectivity index (χ3v) is 8.56. The number of para-hydroxylation sites is 1. The first-order valence-corrected chi connectivity index (χ1v) is 15.6. The molecule has 0 spiro atoms. The summed E-state index contributed by atoms with van der Waals surface area (Å²) in [4.78, 5) is 54.2. The Morgan fingerprint density at radius 3 is 1.93 bits per heavy atom. The maximum Gasteiger partial charge on any atom is 0.272 e. The van der Waals surface area contributed by atoms with Gasteiger partial charge in [0.1, 0.15) is 5.70 Å². The van der Waals surface area contributed by atoms with Gasteiger partial charge in [-0.25, -0.2) is 4.90 Å². The van der Waals surface area contributed by atoms with Gasteiger partial charge in [-0.3, -0.25) is 19.2 Å². The summed E-state index contributed by atoms with van der Waals surface area (Å²) in [7, 11) is 0. The molecule has 1 heterocycles. The predicted molar refractivity (Wildman–Crippen MR) is 182 cm³/mol. The number of amides is 4. The van der Waals surface area contributed by atoms with E-state index < -0.39 is 17.1 Å². The minimum atomic E-state index is -0.538.